The molecule has 1 saturated heterocycles. The molecule has 1 amide bonds. The predicted molar refractivity (Wildman–Crippen MR) is 116 cm³/mol. The molecule has 0 aliphatic carbocycles. The van der Waals surface area contributed by atoms with Gasteiger partial charge in [-0.1, -0.05) is 23.8 Å². The number of rotatable bonds is 6. The molecule has 0 radical (unpaired) electrons. The average molecular weight is 422 g/mol. The number of ketones is 1. The van der Waals surface area contributed by atoms with Crippen molar-refractivity contribution in [3.8, 4) is 0 Å². The summed E-state index contributed by atoms with van der Waals surface area (Å²) < 4.78 is 1.94. The standard InChI is InChI=1S/C23H23N3O3S/c1-15-6-7-16(2)17(13-15)21(27)19-20(18-5-3-12-30-18)26(23(29)22(19)28)10-4-9-25-11-8-24-14-25/h3,5-8,11-14,20,27H,4,9-10H2,1-2H3/b21-19-. The van der Waals surface area contributed by atoms with Crippen molar-refractivity contribution >= 4 is 28.8 Å². The van der Waals surface area contributed by atoms with Crippen LogP contribution < -0.4 is 0 Å². The summed E-state index contributed by atoms with van der Waals surface area (Å²) in [5, 5.41) is 13.1. The number of Topliss-reactive ketones (excluding diaryl/α,β-unsaturated/α-hetero) is 1. The third-order valence-corrected chi connectivity index (χ3v) is 6.30. The summed E-state index contributed by atoms with van der Waals surface area (Å²) in [5.41, 5.74) is 2.59. The van der Waals surface area contributed by atoms with Gasteiger partial charge in [0, 0.05) is 35.9 Å². The number of carbonyl (C=O) groups is 2. The molecule has 0 saturated carbocycles. The number of carbonyl (C=O) groups excluding carboxylic acids is 2. The summed E-state index contributed by atoms with van der Waals surface area (Å²) in [6.45, 7) is 4.92. The topological polar surface area (TPSA) is 75.4 Å². The fourth-order valence-electron chi connectivity index (χ4n) is 3.83. The number of aliphatic hydroxyl groups is 1. The van der Waals surface area contributed by atoms with Crippen LogP contribution >= 0.6 is 11.3 Å². The molecule has 6 nitrogen and oxygen atoms in total. The van der Waals surface area contributed by atoms with Gasteiger partial charge in [0.2, 0.25) is 0 Å². The zero-order valence-corrected chi connectivity index (χ0v) is 17.7. The Hall–Kier alpha value is -3.19. The van der Waals surface area contributed by atoms with Gasteiger partial charge in [-0.3, -0.25) is 9.59 Å². The van der Waals surface area contributed by atoms with Gasteiger partial charge in [0.25, 0.3) is 11.7 Å². The van der Waals surface area contributed by atoms with E-state index in [2.05, 4.69) is 4.98 Å². The van der Waals surface area contributed by atoms with Crippen molar-refractivity contribution in [2.75, 3.05) is 6.54 Å². The number of hydrogen-bond acceptors (Lipinski definition) is 5. The van der Waals surface area contributed by atoms with Crippen LogP contribution in [-0.2, 0) is 16.1 Å². The van der Waals surface area contributed by atoms with Crippen LogP contribution in [0.5, 0.6) is 0 Å². The quantitative estimate of drug-likeness (QED) is 0.370. The van der Waals surface area contributed by atoms with Crippen molar-refractivity contribution in [2.45, 2.75) is 32.9 Å². The summed E-state index contributed by atoms with van der Waals surface area (Å²) in [7, 11) is 0. The number of likely N-dealkylation sites (tertiary alicyclic amines) is 1. The van der Waals surface area contributed by atoms with E-state index in [-0.39, 0.29) is 11.3 Å². The number of amides is 1. The molecular weight excluding hydrogens is 398 g/mol. The van der Waals surface area contributed by atoms with E-state index in [1.54, 1.807) is 17.4 Å². The molecule has 3 heterocycles. The Morgan fingerprint density at radius 3 is 2.73 bits per heavy atom. The SMILES string of the molecule is Cc1ccc(C)c(/C(O)=C2/C(=O)C(=O)N(CCCn3ccnc3)C2c2cccs2)c1. The number of thiophene rings is 1. The van der Waals surface area contributed by atoms with Gasteiger partial charge in [-0.25, -0.2) is 4.98 Å². The van der Waals surface area contributed by atoms with Crippen molar-refractivity contribution in [3.63, 3.8) is 0 Å². The lowest BCUT2D eigenvalue weighted by atomic mass is 9.96. The van der Waals surface area contributed by atoms with Gasteiger partial charge in [-0.05, 0) is 43.3 Å². The van der Waals surface area contributed by atoms with Crippen LogP contribution in [0.4, 0.5) is 0 Å². The van der Waals surface area contributed by atoms with Gasteiger partial charge < -0.3 is 14.6 Å². The fourth-order valence-corrected chi connectivity index (χ4v) is 4.68. The minimum absolute atomic E-state index is 0.106. The van der Waals surface area contributed by atoms with Crippen molar-refractivity contribution in [1.82, 2.24) is 14.5 Å². The molecule has 1 fully saturated rings. The molecule has 1 unspecified atom stereocenters. The van der Waals surface area contributed by atoms with E-state index < -0.39 is 17.7 Å². The molecule has 4 rings (SSSR count). The van der Waals surface area contributed by atoms with Crippen molar-refractivity contribution < 1.29 is 14.7 Å². The van der Waals surface area contributed by atoms with Gasteiger partial charge in [0.05, 0.1) is 17.9 Å². The first kappa shape index (κ1) is 20.1. The first-order chi connectivity index (χ1) is 14.5. The van der Waals surface area contributed by atoms with Crippen LogP contribution in [0.2, 0.25) is 0 Å². The molecule has 1 atom stereocenters. The largest absolute Gasteiger partial charge is 0.507 e. The Balaban J connectivity index is 1.73. The highest BCUT2D eigenvalue weighted by Gasteiger charge is 2.46. The van der Waals surface area contributed by atoms with Gasteiger partial charge >= 0.3 is 0 Å². The van der Waals surface area contributed by atoms with Crippen molar-refractivity contribution in [3.05, 3.63) is 81.6 Å². The molecule has 30 heavy (non-hydrogen) atoms. The number of imidazole rings is 1. The molecule has 1 aromatic carbocycles. The van der Waals surface area contributed by atoms with Gasteiger partial charge in [-0.15, -0.1) is 11.3 Å². The Morgan fingerprint density at radius 2 is 2.03 bits per heavy atom. The number of aliphatic hydroxyl groups excluding tert-OH is 1. The average Bonchev–Trinajstić information content (AvgIpc) is 3.47. The smallest absolute Gasteiger partial charge is 0.295 e. The third-order valence-electron chi connectivity index (χ3n) is 5.38. The second-order valence-electron chi connectivity index (χ2n) is 7.48. The maximum Gasteiger partial charge on any atom is 0.295 e. The highest BCUT2D eigenvalue weighted by atomic mass is 32.1. The Morgan fingerprint density at radius 1 is 1.20 bits per heavy atom. The van der Waals surface area contributed by atoms with E-state index in [0.717, 1.165) is 16.0 Å². The van der Waals surface area contributed by atoms with Crippen molar-refractivity contribution in [1.29, 1.82) is 0 Å². The highest BCUT2D eigenvalue weighted by Crippen LogP contribution is 2.41. The van der Waals surface area contributed by atoms with Gasteiger partial charge in [0.1, 0.15) is 5.76 Å². The highest BCUT2D eigenvalue weighted by molar-refractivity contribution is 7.10. The molecule has 1 aliphatic heterocycles. The summed E-state index contributed by atoms with van der Waals surface area (Å²) in [6, 6.07) is 8.93. The molecule has 7 heteroatoms. The Labute approximate surface area is 179 Å². The first-order valence-corrected chi connectivity index (χ1v) is 10.7. The lowest BCUT2D eigenvalue weighted by Crippen LogP contribution is -2.31. The van der Waals surface area contributed by atoms with E-state index in [1.165, 1.54) is 11.3 Å². The molecule has 1 N–H and O–H groups in total. The van der Waals surface area contributed by atoms with E-state index in [1.807, 2.05) is 60.3 Å². The number of benzene rings is 1. The zero-order chi connectivity index (χ0) is 21.3. The van der Waals surface area contributed by atoms with Crippen LogP contribution in [0.3, 0.4) is 0 Å². The summed E-state index contributed by atoms with van der Waals surface area (Å²) in [6.07, 6.45) is 5.98. The molecule has 3 aromatic rings. The predicted octanol–water partition coefficient (Wildman–Crippen LogP) is 4.07. The maximum absolute atomic E-state index is 13.0. The Kier molecular flexibility index (Phi) is 5.55. The molecule has 0 bridgehead atoms. The van der Waals surface area contributed by atoms with E-state index >= 15 is 0 Å². The lowest BCUT2D eigenvalue weighted by Gasteiger charge is -2.24. The molecule has 2 aromatic heterocycles. The van der Waals surface area contributed by atoms with Gasteiger partial charge in [0.15, 0.2) is 0 Å². The second kappa shape index (κ2) is 8.28. The molecule has 1 aliphatic rings. The number of hydrogen-bond donors (Lipinski definition) is 1. The van der Waals surface area contributed by atoms with E-state index in [0.29, 0.717) is 25.1 Å². The minimum atomic E-state index is -0.630. The van der Waals surface area contributed by atoms with Crippen LogP contribution in [0.15, 0.2) is 60.0 Å². The molecule has 0 spiro atoms. The maximum atomic E-state index is 13.0. The monoisotopic (exact) mass is 421 g/mol. The van der Waals surface area contributed by atoms with Crippen LogP contribution in [0, 0.1) is 13.8 Å². The van der Waals surface area contributed by atoms with Gasteiger partial charge in [-0.2, -0.15) is 0 Å². The normalized spacial score (nSPS) is 18.3. The third kappa shape index (κ3) is 3.68. The van der Waals surface area contributed by atoms with Crippen LogP contribution in [0.1, 0.15) is 34.0 Å². The lowest BCUT2D eigenvalue weighted by molar-refractivity contribution is -0.139. The number of aromatic nitrogens is 2. The summed E-state index contributed by atoms with van der Waals surface area (Å²) in [5.74, 6) is -1.30. The Bertz CT molecular complexity index is 1100. The van der Waals surface area contributed by atoms with Crippen LogP contribution in [-0.4, -0.2) is 37.8 Å². The fraction of sp³-hybridized carbons (Fsp3) is 0.261. The number of aryl methyl sites for hydroxylation is 3. The van der Waals surface area contributed by atoms with Crippen molar-refractivity contribution in [2.24, 2.45) is 0 Å². The summed E-state index contributed by atoms with van der Waals surface area (Å²) >= 11 is 1.48. The minimum Gasteiger partial charge on any atom is -0.507 e. The first-order valence-electron chi connectivity index (χ1n) is 9.82. The second-order valence-corrected chi connectivity index (χ2v) is 8.46. The summed E-state index contributed by atoms with van der Waals surface area (Å²) in [4.78, 5) is 32.4. The zero-order valence-electron chi connectivity index (χ0n) is 16.9. The van der Waals surface area contributed by atoms with E-state index in [9.17, 15) is 14.7 Å². The molecule has 154 valence electrons. The number of nitrogens with zero attached hydrogens (tertiary/aromatic N) is 3. The molecular formula is C23H23N3O3S. The van der Waals surface area contributed by atoms with E-state index in [4.69, 9.17) is 0 Å². The van der Waals surface area contributed by atoms with Crippen LogP contribution in [0.25, 0.3) is 5.76 Å².